The summed E-state index contributed by atoms with van der Waals surface area (Å²) in [6.45, 7) is 12.8. The first-order valence-electron chi connectivity index (χ1n) is 14.2. The number of nitrogens with zero attached hydrogens (tertiary/aromatic N) is 1. The molecule has 2 aromatic rings. The van der Waals surface area contributed by atoms with Crippen molar-refractivity contribution < 1.29 is 33.2 Å². The molecule has 0 aromatic heterocycles. The molecule has 9 nitrogen and oxygen atoms in total. The molecule has 1 fully saturated rings. The predicted octanol–water partition coefficient (Wildman–Crippen LogP) is 4.56. The van der Waals surface area contributed by atoms with Crippen molar-refractivity contribution in [2.24, 2.45) is 5.92 Å². The van der Waals surface area contributed by atoms with Crippen molar-refractivity contribution >= 4 is 5.91 Å². The molecule has 1 N–H and O–H groups in total. The second-order valence-electron chi connectivity index (χ2n) is 10.1. The maximum Gasteiger partial charge on any atom is 0.254 e. The number of benzene rings is 2. The topological polar surface area (TPSA) is 87.7 Å². The van der Waals surface area contributed by atoms with Crippen LogP contribution in [-0.2, 0) is 16.1 Å². The van der Waals surface area contributed by atoms with Gasteiger partial charge in [0.1, 0.15) is 11.5 Å². The minimum atomic E-state index is -0.0455. The van der Waals surface area contributed by atoms with Crippen molar-refractivity contribution in [3.63, 3.8) is 0 Å². The minimum Gasteiger partial charge on any atom is -0.494 e. The number of rotatable bonds is 17. The van der Waals surface area contributed by atoms with E-state index in [0.29, 0.717) is 56.6 Å². The summed E-state index contributed by atoms with van der Waals surface area (Å²) in [5.74, 6) is 2.79. The highest BCUT2D eigenvalue weighted by Crippen LogP contribution is 2.30. The molecule has 0 radical (unpaired) electrons. The first-order valence-corrected chi connectivity index (χ1v) is 14.2. The molecule has 1 heterocycles. The molecular weight excluding hydrogens is 512 g/mol. The number of amides is 1. The second kappa shape index (κ2) is 16.3. The monoisotopic (exact) mass is 558 g/mol. The lowest BCUT2D eigenvalue weighted by atomic mass is 10.0. The van der Waals surface area contributed by atoms with Crippen molar-refractivity contribution in [1.29, 1.82) is 0 Å². The molecule has 0 aliphatic carbocycles. The van der Waals surface area contributed by atoms with Crippen LogP contribution in [0.15, 0.2) is 36.4 Å². The largest absolute Gasteiger partial charge is 0.494 e. The molecule has 9 heteroatoms. The Hall–Kier alpha value is -3.01. The lowest BCUT2D eigenvalue weighted by molar-refractivity contribution is 0.0127. The number of nitrogens with one attached hydrogen (secondary N) is 1. The van der Waals surface area contributed by atoms with E-state index in [-0.39, 0.29) is 24.0 Å². The van der Waals surface area contributed by atoms with Gasteiger partial charge in [0.25, 0.3) is 5.91 Å². The number of carbonyl (C=O) groups excluding carboxylic acids is 1. The van der Waals surface area contributed by atoms with Crippen LogP contribution >= 0.6 is 0 Å². The van der Waals surface area contributed by atoms with Crippen molar-refractivity contribution in [3.8, 4) is 23.0 Å². The maximum atomic E-state index is 13.7. The summed E-state index contributed by atoms with van der Waals surface area (Å²) in [4.78, 5) is 15.6. The summed E-state index contributed by atoms with van der Waals surface area (Å²) >= 11 is 0. The van der Waals surface area contributed by atoms with E-state index in [9.17, 15) is 4.79 Å². The summed E-state index contributed by atoms with van der Waals surface area (Å²) in [5.41, 5.74) is 1.56. The third-order valence-corrected chi connectivity index (χ3v) is 6.78. The van der Waals surface area contributed by atoms with E-state index in [0.717, 1.165) is 36.6 Å². The molecule has 1 amide bonds. The number of ether oxygens (including phenoxy) is 6. The van der Waals surface area contributed by atoms with Crippen molar-refractivity contribution in [2.45, 2.75) is 52.9 Å². The zero-order valence-electron chi connectivity index (χ0n) is 24.9. The van der Waals surface area contributed by atoms with Crippen LogP contribution in [0.5, 0.6) is 23.0 Å². The lowest BCUT2D eigenvalue weighted by Gasteiger charge is -2.31. The van der Waals surface area contributed by atoms with E-state index in [1.54, 1.807) is 32.4 Å². The molecule has 0 saturated carbocycles. The van der Waals surface area contributed by atoms with Gasteiger partial charge in [-0.3, -0.25) is 4.79 Å². The van der Waals surface area contributed by atoms with Crippen molar-refractivity contribution in [2.75, 3.05) is 60.3 Å². The van der Waals surface area contributed by atoms with Crippen LogP contribution < -0.4 is 24.3 Å². The zero-order chi connectivity index (χ0) is 28.9. The van der Waals surface area contributed by atoms with E-state index in [4.69, 9.17) is 28.4 Å². The third-order valence-electron chi connectivity index (χ3n) is 6.78. The smallest absolute Gasteiger partial charge is 0.254 e. The fraction of sp³-hybridized carbons (Fsp3) is 0.581. The van der Waals surface area contributed by atoms with Gasteiger partial charge in [-0.1, -0.05) is 0 Å². The van der Waals surface area contributed by atoms with E-state index in [1.807, 2.05) is 50.8 Å². The number of hydrogen-bond donors (Lipinski definition) is 1. The SMILES string of the molecule is CCOc1cc(CO[C@H]2CNC[C@H]2CN(C(=O)c2ccc(OC)c(OCCCOC)c2)C(C)C)cc(OCC)c1. The Morgan fingerprint density at radius 3 is 2.30 bits per heavy atom. The highest BCUT2D eigenvalue weighted by atomic mass is 16.5. The molecule has 2 atom stereocenters. The molecule has 0 spiro atoms. The van der Waals surface area contributed by atoms with Crippen LogP contribution in [0.25, 0.3) is 0 Å². The van der Waals surface area contributed by atoms with E-state index >= 15 is 0 Å². The fourth-order valence-corrected chi connectivity index (χ4v) is 4.76. The Morgan fingerprint density at radius 2 is 1.68 bits per heavy atom. The molecule has 0 unspecified atom stereocenters. The average Bonchev–Trinajstić information content (AvgIpc) is 3.39. The lowest BCUT2D eigenvalue weighted by Crippen LogP contribution is -2.43. The molecule has 1 aliphatic heterocycles. The molecule has 3 rings (SSSR count). The predicted molar refractivity (Wildman–Crippen MR) is 155 cm³/mol. The Morgan fingerprint density at radius 1 is 0.950 bits per heavy atom. The van der Waals surface area contributed by atoms with Gasteiger partial charge in [-0.05, 0) is 63.6 Å². The summed E-state index contributed by atoms with van der Waals surface area (Å²) in [7, 11) is 3.26. The molecule has 222 valence electrons. The van der Waals surface area contributed by atoms with Crippen LogP contribution in [0.1, 0.15) is 50.0 Å². The second-order valence-corrected chi connectivity index (χ2v) is 10.1. The molecule has 2 aromatic carbocycles. The Kier molecular flexibility index (Phi) is 12.8. The Balaban J connectivity index is 1.68. The van der Waals surface area contributed by atoms with Crippen LogP contribution in [0.4, 0.5) is 0 Å². The summed E-state index contributed by atoms with van der Waals surface area (Å²) in [6, 6.07) is 11.2. The normalized spacial score (nSPS) is 16.7. The molecule has 1 aliphatic rings. The van der Waals surface area contributed by atoms with Crippen LogP contribution in [0.2, 0.25) is 0 Å². The fourth-order valence-electron chi connectivity index (χ4n) is 4.76. The highest BCUT2D eigenvalue weighted by Gasteiger charge is 2.32. The standard InChI is InChI=1S/C31H46N2O7/c1-7-37-26-14-23(15-27(17-26)38-8-2)21-40-30-19-32-18-25(30)20-33(22(3)4)31(34)24-10-11-28(36-6)29(16-24)39-13-9-12-35-5/h10-11,14-17,22,25,30,32H,7-9,12-13,18-21H2,1-6H3/t25-,30-/m0/s1. The van der Waals surface area contributed by atoms with Gasteiger partial charge >= 0.3 is 0 Å². The first-order chi connectivity index (χ1) is 19.4. The maximum absolute atomic E-state index is 13.7. The third kappa shape index (κ3) is 9.01. The number of carbonyl (C=O) groups is 1. The molecule has 0 bridgehead atoms. The highest BCUT2D eigenvalue weighted by molar-refractivity contribution is 5.95. The van der Waals surface area contributed by atoms with Gasteiger partial charge in [-0.25, -0.2) is 0 Å². The Bertz CT molecular complexity index is 1040. The van der Waals surface area contributed by atoms with E-state index in [1.165, 1.54) is 0 Å². The van der Waals surface area contributed by atoms with E-state index in [2.05, 4.69) is 5.32 Å². The average molecular weight is 559 g/mol. The van der Waals surface area contributed by atoms with Gasteiger partial charge in [0.2, 0.25) is 0 Å². The molecule has 1 saturated heterocycles. The van der Waals surface area contributed by atoms with Gasteiger partial charge in [0.05, 0.1) is 39.6 Å². The Labute approximate surface area is 239 Å². The zero-order valence-corrected chi connectivity index (χ0v) is 24.9. The van der Waals surface area contributed by atoms with Gasteiger partial charge < -0.3 is 38.6 Å². The first kappa shape index (κ1) is 31.5. The quantitative estimate of drug-likeness (QED) is 0.283. The summed E-state index contributed by atoms with van der Waals surface area (Å²) < 4.78 is 34.3. The van der Waals surface area contributed by atoms with Crippen LogP contribution in [-0.4, -0.2) is 83.2 Å². The number of hydrogen-bond acceptors (Lipinski definition) is 8. The summed E-state index contributed by atoms with van der Waals surface area (Å²) in [6.07, 6.45) is 0.713. The number of methoxy groups -OCH3 is 2. The molecular formula is C31H46N2O7. The van der Waals surface area contributed by atoms with Crippen molar-refractivity contribution in [3.05, 3.63) is 47.5 Å². The van der Waals surface area contributed by atoms with Gasteiger partial charge in [0.15, 0.2) is 11.5 Å². The minimum absolute atomic E-state index is 0.0125. The van der Waals surface area contributed by atoms with E-state index < -0.39 is 0 Å². The molecule has 40 heavy (non-hydrogen) atoms. The van der Waals surface area contributed by atoms with Gasteiger partial charge in [-0.2, -0.15) is 0 Å². The van der Waals surface area contributed by atoms with Crippen molar-refractivity contribution in [1.82, 2.24) is 10.2 Å². The van der Waals surface area contributed by atoms with Crippen LogP contribution in [0, 0.1) is 5.92 Å². The van der Waals surface area contributed by atoms with Gasteiger partial charge in [-0.15, -0.1) is 0 Å². The summed E-state index contributed by atoms with van der Waals surface area (Å²) in [5, 5.41) is 3.44. The van der Waals surface area contributed by atoms with Gasteiger partial charge in [0, 0.05) is 63.4 Å². The van der Waals surface area contributed by atoms with Crippen LogP contribution in [0.3, 0.4) is 0 Å².